The molecule has 0 saturated carbocycles. The van der Waals surface area contributed by atoms with Crippen LogP contribution >= 0.6 is 0 Å². The molecule has 4 heteroatoms. The van der Waals surface area contributed by atoms with Gasteiger partial charge in [0.2, 0.25) is 0 Å². The van der Waals surface area contributed by atoms with E-state index in [1.807, 2.05) is 67.3 Å². The fourth-order valence-corrected chi connectivity index (χ4v) is 3.08. The molecular formula is C21H25NO3. The van der Waals surface area contributed by atoms with E-state index in [0.717, 1.165) is 6.42 Å². The molecule has 1 amide bonds. The summed E-state index contributed by atoms with van der Waals surface area (Å²) in [5.41, 5.74) is 0.893. The first-order chi connectivity index (χ1) is 12.0. The van der Waals surface area contributed by atoms with Gasteiger partial charge >= 0.3 is 0 Å². The van der Waals surface area contributed by atoms with E-state index < -0.39 is 0 Å². The monoisotopic (exact) mass is 339 g/mol. The molecule has 2 aromatic carbocycles. The van der Waals surface area contributed by atoms with Crippen LogP contribution in [-0.2, 0) is 16.0 Å². The minimum atomic E-state index is -0.329. The summed E-state index contributed by atoms with van der Waals surface area (Å²) >= 11 is 0. The van der Waals surface area contributed by atoms with Gasteiger partial charge in [0.05, 0.1) is 18.2 Å². The minimum Gasteiger partial charge on any atom is -0.484 e. The van der Waals surface area contributed by atoms with E-state index in [4.69, 9.17) is 9.47 Å². The highest BCUT2D eigenvalue weighted by atomic mass is 16.5. The van der Waals surface area contributed by atoms with Crippen molar-refractivity contribution in [3.8, 4) is 5.75 Å². The van der Waals surface area contributed by atoms with E-state index in [1.165, 1.54) is 5.56 Å². The van der Waals surface area contributed by atoms with E-state index >= 15 is 0 Å². The molecule has 25 heavy (non-hydrogen) atoms. The normalized spacial score (nSPS) is 19.4. The van der Waals surface area contributed by atoms with Gasteiger partial charge in [0.25, 0.3) is 5.91 Å². The second-order valence-electron chi connectivity index (χ2n) is 7.04. The number of ether oxygens (including phenoxy) is 2. The molecule has 1 saturated heterocycles. The molecule has 2 aromatic rings. The molecular weight excluding hydrogens is 314 g/mol. The third kappa shape index (κ3) is 4.60. The van der Waals surface area contributed by atoms with Crippen molar-refractivity contribution >= 4 is 5.91 Å². The average molecular weight is 339 g/mol. The zero-order valence-corrected chi connectivity index (χ0v) is 14.9. The first-order valence-corrected chi connectivity index (χ1v) is 8.68. The van der Waals surface area contributed by atoms with Gasteiger partial charge in [0.1, 0.15) is 5.75 Å². The Kier molecular flexibility index (Phi) is 5.39. The van der Waals surface area contributed by atoms with Gasteiger partial charge in [-0.25, -0.2) is 0 Å². The number of nitrogens with zero attached hydrogens (tertiary/aromatic N) is 1. The zero-order valence-electron chi connectivity index (χ0n) is 14.9. The Balaban J connectivity index is 1.61. The maximum Gasteiger partial charge on any atom is 0.261 e. The van der Waals surface area contributed by atoms with Crippen molar-refractivity contribution in [2.24, 2.45) is 0 Å². The van der Waals surface area contributed by atoms with E-state index in [9.17, 15) is 4.79 Å². The highest BCUT2D eigenvalue weighted by molar-refractivity contribution is 5.78. The van der Waals surface area contributed by atoms with Crippen molar-refractivity contribution in [2.75, 3.05) is 19.8 Å². The molecule has 0 spiro atoms. The van der Waals surface area contributed by atoms with Crippen molar-refractivity contribution in [3.63, 3.8) is 0 Å². The van der Waals surface area contributed by atoms with Crippen LogP contribution in [0.3, 0.4) is 0 Å². The van der Waals surface area contributed by atoms with Crippen molar-refractivity contribution < 1.29 is 14.3 Å². The summed E-state index contributed by atoms with van der Waals surface area (Å²) in [5, 5.41) is 0. The predicted octanol–water partition coefficient (Wildman–Crippen LogP) is 3.31. The van der Waals surface area contributed by atoms with Crippen LogP contribution in [0, 0.1) is 0 Å². The Morgan fingerprint density at radius 2 is 1.76 bits per heavy atom. The van der Waals surface area contributed by atoms with Gasteiger partial charge in [-0.3, -0.25) is 4.79 Å². The van der Waals surface area contributed by atoms with Crippen LogP contribution in [0.5, 0.6) is 5.75 Å². The number of rotatable bonds is 5. The fourth-order valence-electron chi connectivity index (χ4n) is 3.08. The Morgan fingerprint density at radius 3 is 2.44 bits per heavy atom. The molecule has 0 aliphatic carbocycles. The lowest BCUT2D eigenvalue weighted by Crippen LogP contribution is -2.59. The summed E-state index contributed by atoms with van der Waals surface area (Å²) in [6.45, 7) is 5.23. The lowest BCUT2D eigenvalue weighted by Gasteiger charge is -2.45. The number of morpholine rings is 1. The van der Waals surface area contributed by atoms with Crippen molar-refractivity contribution in [1.29, 1.82) is 0 Å². The fraction of sp³-hybridized carbons (Fsp3) is 0.381. The minimum absolute atomic E-state index is 0.00443. The molecule has 0 aromatic heterocycles. The maximum absolute atomic E-state index is 12.7. The lowest BCUT2D eigenvalue weighted by molar-refractivity contribution is -0.156. The average Bonchev–Trinajstić information content (AvgIpc) is 2.63. The second kappa shape index (κ2) is 7.70. The Bertz CT molecular complexity index is 685. The molecule has 132 valence electrons. The number of para-hydroxylation sites is 1. The summed E-state index contributed by atoms with van der Waals surface area (Å²) in [7, 11) is 0. The predicted molar refractivity (Wildman–Crippen MR) is 97.6 cm³/mol. The van der Waals surface area contributed by atoms with Gasteiger partial charge in [-0.05, 0) is 31.5 Å². The van der Waals surface area contributed by atoms with Crippen LogP contribution in [0.1, 0.15) is 19.4 Å². The summed E-state index contributed by atoms with van der Waals surface area (Å²) < 4.78 is 11.6. The molecule has 1 unspecified atom stereocenters. The van der Waals surface area contributed by atoms with Crippen molar-refractivity contribution in [3.05, 3.63) is 66.2 Å². The number of hydrogen-bond acceptors (Lipinski definition) is 3. The van der Waals surface area contributed by atoms with Crippen molar-refractivity contribution in [2.45, 2.75) is 31.9 Å². The van der Waals surface area contributed by atoms with Crippen LogP contribution in [0.15, 0.2) is 60.7 Å². The van der Waals surface area contributed by atoms with E-state index in [0.29, 0.717) is 18.9 Å². The van der Waals surface area contributed by atoms with E-state index in [-0.39, 0.29) is 24.2 Å². The van der Waals surface area contributed by atoms with Crippen LogP contribution in [0.4, 0.5) is 0 Å². The molecule has 1 fully saturated rings. The number of carbonyl (C=O) groups is 1. The molecule has 0 N–H and O–H groups in total. The van der Waals surface area contributed by atoms with Gasteiger partial charge in [0.15, 0.2) is 6.61 Å². The van der Waals surface area contributed by atoms with E-state index in [1.54, 1.807) is 0 Å². The van der Waals surface area contributed by atoms with Gasteiger partial charge in [-0.1, -0.05) is 48.5 Å². The quantitative estimate of drug-likeness (QED) is 0.839. The third-order valence-corrected chi connectivity index (χ3v) is 4.50. The third-order valence-electron chi connectivity index (χ3n) is 4.50. The first-order valence-electron chi connectivity index (χ1n) is 8.68. The number of benzene rings is 2. The molecule has 1 atom stereocenters. The summed E-state index contributed by atoms with van der Waals surface area (Å²) in [6, 6.07) is 19.7. The Labute approximate surface area is 149 Å². The summed E-state index contributed by atoms with van der Waals surface area (Å²) in [4.78, 5) is 14.6. The molecule has 1 aliphatic rings. The first kappa shape index (κ1) is 17.5. The number of hydrogen-bond donors (Lipinski definition) is 0. The molecule has 0 bridgehead atoms. The second-order valence-corrected chi connectivity index (χ2v) is 7.04. The van der Waals surface area contributed by atoms with Crippen LogP contribution in [-0.4, -0.2) is 42.2 Å². The van der Waals surface area contributed by atoms with Crippen LogP contribution in [0.25, 0.3) is 0 Å². The zero-order chi connectivity index (χ0) is 17.7. The highest BCUT2D eigenvalue weighted by Gasteiger charge is 2.38. The van der Waals surface area contributed by atoms with Gasteiger partial charge < -0.3 is 14.4 Å². The largest absolute Gasteiger partial charge is 0.484 e. The number of amides is 1. The van der Waals surface area contributed by atoms with Gasteiger partial charge in [-0.2, -0.15) is 0 Å². The van der Waals surface area contributed by atoms with Gasteiger partial charge in [-0.15, -0.1) is 0 Å². The molecule has 3 rings (SSSR count). The number of carbonyl (C=O) groups excluding carboxylic acids is 1. The summed E-state index contributed by atoms with van der Waals surface area (Å²) in [5.74, 6) is 0.706. The van der Waals surface area contributed by atoms with Crippen LogP contribution in [0.2, 0.25) is 0 Å². The van der Waals surface area contributed by atoms with Crippen LogP contribution < -0.4 is 4.74 Å². The molecule has 1 aliphatic heterocycles. The summed E-state index contributed by atoms with van der Waals surface area (Å²) in [6.07, 6.45) is 0.816. The maximum atomic E-state index is 12.7. The smallest absolute Gasteiger partial charge is 0.261 e. The standard InChI is InChI=1S/C21H25NO3/c1-21(2)16-25-19(13-17-9-5-3-6-10-17)14-22(21)20(23)15-24-18-11-7-4-8-12-18/h3-12,19H,13-16H2,1-2H3. The molecule has 0 radical (unpaired) electrons. The van der Waals surface area contributed by atoms with Gasteiger partial charge in [0, 0.05) is 13.0 Å². The van der Waals surface area contributed by atoms with E-state index in [2.05, 4.69) is 12.1 Å². The Hall–Kier alpha value is -2.33. The Morgan fingerprint density at radius 1 is 1.12 bits per heavy atom. The SMILES string of the molecule is CC1(C)COC(Cc2ccccc2)CN1C(=O)COc1ccccc1. The highest BCUT2D eigenvalue weighted by Crippen LogP contribution is 2.24. The van der Waals surface area contributed by atoms with Crippen molar-refractivity contribution in [1.82, 2.24) is 4.90 Å². The molecule has 4 nitrogen and oxygen atoms in total. The lowest BCUT2D eigenvalue weighted by atomic mass is 9.98. The topological polar surface area (TPSA) is 38.8 Å². The molecule has 1 heterocycles.